The van der Waals surface area contributed by atoms with E-state index < -0.39 is 6.36 Å². The summed E-state index contributed by atoms with van der Waals surface area (Å²) in [6, 6.07) is 6.88. The lowest BCUT2D eigenvalue weighted by Gasteiger charge is -2.18. The van der Waals surface area contributed by atoms with Crippen molar-refractivity contribution in [2.75, 3.05) is 13.2 Å². The number of halogens is 3. The SMILES string of the molecule is CC/C=C(\C=C/Cc1ccc2c(c1)C(=O)N(Cc1ncccn1)CCO2)OC(F)(F)F. The van der Waals surface area contributed by atoms with Crippen LogP contribution < -0.4 is 4.74 Å². The zero-order valence-electron chi connectivity index (χ0n) is 16.9. The van der Waals surface area contributed by atoms with Crippen molar-refractivity contribution in [3.8, 4) is 5.75 Å². The third kappa shape index (κ3) is 6.56. The molecule has 2 aromatic rings. The van der Waals surface area contributed by atoms with E-state index in [1.54, 1.807) is 54.6 Å². The fourth-order valence-corrected chi connectivity index (χ4v) is 3.06. The van der Waals surface area contributed by atoms with Gasteiger partial charge in [0.15, 0.2) is 0 Å². The Morgan fingerprint density at radius 2 is 2.06 bits per heavy atom. The van der Waals surface area contributed by atoms with Crippen LogP contribution in [0.4, 0.5) is 13.2 Å². The third-order valence-electron chi connectivity index (χ3n) is 4.41. The van der Waals surface area contributed by atoms with Crippen molar-refractivity contribution in [3.05, 3.63) is 77.6 Å². The quantitative estimate of drug-likeness (QED) is 0.477. The first-order valence-corrected chi connectivity index (χ1v) is 9.79. The van der Waals surface area contributed by atoms with Gasteiger partial charge in [-0.2, -0.15) is 0 Å². The topological polar surface area (TPSA) is 64.6 Å². The first-order valence-electron chi connectivity index (χ1n) is 9.79. The minimum Gasteiger partial charge on any atom is -0.491 e. The predicted molar refractivity (Wildman–Crippen MR) is 107 cm³/mol. The van der Waals surface area contributed by atoms with E-state index >= 15 is 0 Å². The van der Waals surface area contributed by atoms with E-state index in [1.165, 1.54) is 12.2 Å². The number of benzene rings is 1. The maximum atomic E-state index is 13.0. The first-order chi connectivity index (χ1) is 14.9. The smallest absolute Gasteiger partial charge is 0.491 e. The monoisotopic (exact) mass is 433 g/mol. The second kappa shape index (κ2) is 10.1. The van der Waals surface area contributed by atoms with E-state index in [4.69, 9.17) is 4.74 Å². The van der Waals surface area contributed by atoms with E-state index in [0.29, 0.717) is 43.1 Å². The number of carbonyl (C=O) groups excluding carboxylic acids is 1. The van der Waals surface area contributed by atoms with Gasteiger partial charge in [-0.3, -0.25) is 4.79 Å². The van der Waals surface area contributed by atoms with Crippen molar-refractivity contribution < 1.29 is 27.4 Å². The van der Waals surface area contributed by atoms with Gasteiger partial charge in [0.1, 0.15) is 23.9 Å². The highest BCUT2D eigenvalue weighted by molar-refractivity contribution is 5.97. The average Bonchev–Trinajstić information content (AvgIpc) is 2.87. The van der Waals surface area contributed by atoms with Gasteiger partial charge in [0.2, 0.25) is 0 Å². The van der Waals surface area contributed by atoms with Crippen molar-refractivity contribution in [1.82, 2.24) is 14.9 Å². The van der Waals surface area contributed by atoms with Crippen LogP contribution >= 0.6 is 0 Å². The van der Waals surface area contributed by atoms with Crippen LogP contribution in [-0.4, -0.2) is 40.3 Å². The molecule has 0 saturated heterocycles. The molecular formula is C22H22F3N3O3. The standard InChI is InChI=1S/C22H22F3N3O3/c1-2-5-17(31-22(23,24)25)7-3-6-16-8-9-19-18(14-16)21(29)28(12-13-30-19)15-20-26-10-4-11-27-20/h3-5,7-11,14H,2,6,12-13,15H2,1H3/b7-3-,17-5+. The third-order valence-corrected chi connectivity index (χ3v) is 4.41. The molecule has 0 atom stereocenters. The predicted octanol–water partition coefficient (Wildman–Crippen LogP) is 4.44. The van der Waals surface area contributed by atoms with Crippen molar-refractivity contribution in [3.63, 3.8) is 0 Å². The van der Waals surface area contributed by atoms with Crippen LogP contribution in [0.1, 0.15) is 35.1 Å². The number of hydrogen-bond acceptors (Lipinski definition) is 5. The molecule has 0 saturated carbocycles. The normalized spacial score (nSPS) is 14.9. The van der Waals surface area contributed by atoms with Crippen LogP contribution in [0.3, 0.4) is 0 Å². The summed E-state index contributed by atoms with van der Waals surface area (Å²) in [5, 5.41) is 0. The molecule has 0 fully saturated rings. The van der Waals surface area contributed by atoms with E-state index in [1.807, 2.05) is 0 Å². The second-order valence-electron chi connectivity index (χ2n) is 6.74. The van der Waals surface area contributed by atoms with Gasteiger partial charge in [-0.15, -0.1) is 13.2 Å². The number of fused-ring (bicyclic) bond motifs is 1. The van der Waals surface area contributed by atoms with Crippen LogP contribution in [0.15, 0.2) is 60.6 Å². The van der Waals surface area contributed by atoms with Crippen LogP contribution in [0.25, 0.3) is 0 Å². The van der Waals surface area contributed by atoms with Crippen LogP contribution in [-0.2, 0) is 17.7 Å². The molecule has 1 aromatic carbocycles. The minimum atomic E-state index is -4.74. The average molecular weight is 433 g/mol. The number of nitrogens with zero attached hydrogens (tertiary/aromatic N) is 3. The number of amides is 1. The zero-order valence-corrected chi connectivity index (χ0v) is 16.9. The Bertz CT molecular complexity index is 959. The highest BCUT2D eigenvalue weighted by atomic mass is 19.4. The van der Waals surface area contributed by atoms with E-state index in [2.05, 4.69) is 14.7 Å². The largest absolute Gasteiger partial charge is 0.573 e. The Balaban J connectivity index is 1.73. The summed E-state index contributed by atoms with van der Waals surface area (Å²) in [5.74, 6) is 0.524. The minimum absolute atomic E-state index is 0.210. The van der Waals surface area contributed by atoms with Gasteiger partial charge in [-0.05, 0) is 48.8 Å². The fourth-order valence-electron chi connectivity index (χ4n) is 3.06. The maximum Gasteiger partial charge on any atom is 0.573 e. The molecule has 1 aliphatic heterocycles. The number of allylic oxidation sites excluding steroid dienone is 3. The fraction of sp³-hybridized carbons (Fsp3) is 0.318. The number of ether oxygens (including phenoxy) is 2. The molecule has 1 aliphatic rings. The number of carbonyl (C=O) groups is 1. The van der Waals surface area contributed by atoms with Gasteiger partial charge in [0, 0.05) is 12.4 Å². The van der Waals surface area contributed by atoms with Gasteiger partial charge in [0.25, 0.3) is 5.91 Å². The molecule has 0 radical (unpaired) electrons. The van der Waals surface area contributed by atoms with Crippen molar-refractivity contribution in [2.45, 2.75) is 32.7 Å². The molecule has 0 spiro atoms. The molecule has 1 aromatic heterocycles. The summed E-state index contributed by atoms with van der Waals surface area (Å²) in [5.41, 5.74) is 1.16. The molecule has 1 amide bonds. The zero-order chi connectivity index (χ0) is 22.3. The van der Waals surface area contributed by atoms with Crippen molar-refractivity contribution in [1.29, 1.82) is 0 Å². The Morgan fingerprint density at radius 1 is 1.29 bits per heavy atom. The first kappa shape index (κ1) is 22.3. The van der Waals surface area contributed by atoms with Crippen molar-refractivity contribution >= 4 is 5.91 Å². The lowest BCUT2D eigenvalue weighted by Crippen LogP contribution is -2.32. The van der Waals surface area contributed by atoms with E-state index in [-0.39, 0.29) is 18.2 Å². The lowest BCUT2D eigenvalue weighted by atomic mass is 10.1. The number of rotatable bonds is 7. The lowest BCUT2D eigenvalue weighted by molar-refractivity contribution is -0.303. The molecule has 0 N–H and O–H groups in total. The summed E-state index contributed by atoms with van der Waals surface area (Å²) in [4.78, 5) is 23.0. The second-order valence-corrected chi connectivity index (χ2v) is 6.74. The molecule has 9 heteroatoms. The van der Waals surface area contributed by atoms with E-state index in [0.717, 1.165) is 5.56 Å². The van der Waals surface area contributed by atoms with Crippen LogP contribution in [0, 0.1) is 0 Å². The molecule has 0 bridgehead atoms. The van der Waals surface area contributed by atoms with Gasteiger partial charge in [0.05, 0.1) is 18.7 Å². The summed E-state index contributed by atoms with van der Waals surface area (Å²) < 4.78 is 47.1. The highest BCUT2D eigenvalue weighted by Gasteiger charge is 2.31. The van der Waals surface area contributed by atoms with E-state index in [9.17, 15) is 18.0 Å². The molecule has 0 aliphatic carbocycles. The van der Waals surface area contributed by atoms with Crippen molar-refractivity contribution in [2.24, 2.45) is 0 Å². The molecule has 2 heterocycles. The van der Waals surface area contributed by atoms with Gasteiger partial charge in [-0.25, -0.2) is 9.97 Å². The number of alkyl halides is 3. The maximum absolute atomic E-state index is 13.0. The summed E-state index contributed by atoms with van der Waals surface area (Å²) in [7, 11) is 0. The summed E-state index contributed by atoms with van der Waals surface area (Å²) in [6.07, 6.45) is 3.40. The Hall–Kier alpha value is -3.36. The van der Waals surface area contributed by atoms with Gasteiger partial charge in [-0.1, -0.05) is 19.1 Å². The van der Waals surface area contributed by atoms with Gasteiger partial charge >= 0.3 is 6.36 Å². The van der Waals surface area contributed by atoms with Gasteiger partial charge < -0.3 is 14.4 Å². The van der Waals surface area contributed by atoms with Crippen LogP contribution in [0.5, 0.6) is 5.75 Å². The number of hydrogen-bond donors (Lipinski definition) is 0. The number of aromatic nitrogens is 2. The Morgan fingerprint density at radius 3 is 2.77 bits per heavy atom. The molecule has 164 valence electrons. The molecule has 6 nitrogen and oxygen atoms in total. The van der Waals surface area contributed by atoms with Crippen LogP contribution in [0.2, 0.25) is 0 Å². The Kier molecular flexibility index (Phi) is 7.28. The summed E-state index contributed by atoms with van der Waals surface area (Å²) >= 11 is 0. The summed E-state index contributed by atoms with van der Waals surface area (Å²) in [6.45, 7) is 2.70. The molecule has 0 unspecified atom stereocenters. The molecule has 31 heavy (non-hydrogen) atoms. The molecule has 3 rings (SSSR count). The molecular weight excluding hydrogens is 411 g/mol. The highest BCUT2D eigenvalue weighted by Crippen LogP contribution is 2.26. The Labute approximate surface area is 178 Å².